The van der Waals surface area contributed by atoms with Crippen molar-refractivity contribution in [2.75, 3.05) is 16.8 Å². The summed E-state index contributed by atoms with van der Waals surface area (Å²) >= 11 is 1.70. The number of aryl methyl sites for hydroxylation is 1. The van der Waals surface area contributed by atoms with E-state index in [1.165, 1.54) is 16.0 Å². The largest absolute Gasteiger partial charge is 0.328 e. The molecule has 6 heteroatoms. The summed E-state index contributed by atoms with van der Waals surface area (Å²) in [5.41, 5.74) is 3.84. The monoisotopic (exact) mass is 420 g/mol. The van der Waals surface area contributed by atoms with E-state index in [0.717, 1.165) is 5.69 Å². The van der Waals surface area contributed by atoms with E-state index < -0.39 is 0 Å². The van der Waals surface area contributed by atoms with Crippen molar-refractivity contribution >= 4 is 34.5 Å². The van der Waals surface area contributed by atoms with E-state index in [9.17, 15) is 9.59 Å². The first kappa shape index (κ1) is 20.3. The van der Waals surface area contributed by atoms with Crippen LogP contribution in [0.2, 0.25) is 0 Å². The molecule has 1 aromatic heterocycles. The average Bonchev–Trinajstić information content (AvgIpc) is 3.21. The van der Waals surface area contributed by atoms with Crippen molar-refractivity contribution in [2.24, 2.45) is 0 Å². The lowest BCUT2D eigenvalue weighted by Gasteiger charge is -2.27. The van der Waals surface area contributed by atoms with Crippen molar-refractivity contribution in [3.8, 4) is 0 Å². The van der Waals surface area contributed by atoms with Gasteiger partial charge in [0, 0.05) is 18.0 Å². The second-order valence-corrected chi connectivity index (χ2v) is 8.71. The van der Waals surface area contributed by atoms with Gasteiger partial charge < -0.3 is 15.5 Å². The zero-order valence-electron chi connectivity index (χ0n) is 17.2. The molecule has 0 spiro atoms. The first-order valence-electron chi connectivity index (χ1n) is 10.2. The summed E-state index contributed by atoms with van der Waals surface area (Å²) in [5.74, 6) is -0.0644. The lowest BCUT2D eigenvalue weighted by Crippen LogP contribution is -2.88. The van der Waals surface area contributed by atoms with Crippen LogP contribution in [-0.2, 0) is 9.59 Å². The predicted octanol–water partition coefficient (Wildman–Crippen LogP) is 3.47. The number of amides is 2. The maximum Gasteiger partial charge on any atom is 0.282 e. The summed E-state index contributed by atoms with van der Waals surface area (Å²) in [6.07, 6.45) is 0.284. The molecule has 2 heterocycles. The average molecular weight is 421 g/mol. The van der Waals surface area contributed by atoms with Gasteiger partial charge in [0.15, 0.2) is 6.54 Å². The van der Waals surface area contributed by atoms with Crippen molar-refractivity contribution < 1.29 is 14.9 Å². The molecule has 1 aliphatic rings. The Morgan fingerprint density at radius 3 is 2.67 bits per heavy atom. The Balaban J connectivity index is 1.57. The number of anilines is 2. The number of benzene rings is 2. The zero-order chi connectivity index (χ0) is 21.1. The van der Waals surface area contributed by atoms with Gasteiger partial charge in [0.2, 0.25) is 5.91 Å². The van der Waals surface area contributed by atoms with Gasteiger partial charge in [-0.05, 0) is 37.4 Å². The third kappa shape index (κ3) is 4.30. The summed E-state index contributed by atoms with van der Waals surface area (Å²) in [6.45, 7) is 4.30. The van der Waals surface area contributed by atoms with Crippen LogP contribution in [-0.4, -0.2) is 24.4 Å². The molecule has 0 bridgehead atoms. The third-order valence-electron chi connectivity index (χ3n) is 5.44. The highest BCUT2D eigenvalue weighted by Gasteiger charge is 2.31. The summed E-state index contributed by atoms with van der Waals surface area (Å²) < 4.78 is 0. The number of thiophene rings is 1. The Bertz CT molecular complexity index is 1030. The SMILES string of the molecule is Cc1ccc([C@@H]([NH2+]CC(=O)N2c3ccccc3NC(=O)C[C@@H]2C)c2cccs2)cc1. The topological polar surface area (TPSA) is 66.0 Å². The number of rotatable bonds is 5. The Morgan fingerprint density at radius 1 is 1.17 bits per heavy atom. The molecular weight excluding hydrogens is 394 g/mol. The van der Waals surface area contributed by atoms with Crippen LogP contribution in [0.1, 0.15) is 35.4 Å². The fraction of sp³-hybridized carbons (Fsp3) is 0.250. The minimum Gasteiger partial charge on any atom is -0.328 e. The van der Waals surface area contributed by atoms with Crippen molar-refractivity contribution in [3.05, 3.63) is 82.0 Å². The number of hydrogen-bond acceptors (Lipinski definition) is 3. The van der Waals surface area contributed by atoms with Crippen molar-refractivity contribution in [1.29, 1.82) is 0 Å². The van der Waals surface area contributed by atoms with Crippen molar-refractivity contribution in [2.45, 2.75) is 32.4 Å². The molecule has 30 heavy (non-hydrogen) atoms. The number of carbonyl (C=O) groups excluding carboxylic acids is 2. The summed E-state index contributed by atoms with van der Waals surface area (Å²) in [4.78, 5) is 28.5. The quantitative estimate of drug-likeness (QED) is 0.664. The van der Waals surface area contributed by atoms with Gasteiger partial charge >= 0.3 is 0 Å². The molecule has 0 saturated carbocycles. The molecule has 0 radical (unpaired) electrons. The number of para-hydroxylation sites is 2. The van der Waals surface area contributed by atoms with Gasteiger partial charge in [0.05, 0.1) is 16.3 Å². The molecule has 5 nitrogen and oxygen atoms in total. The molecule has 3 aromatic rings. The van der Waals surface area contributed by atoms with E-state index in [1.807, 2.05) is 37.3 Å². The third-order valence-corrected chi connectivity index (χ3v) is 6.40. The number of nitrogens with two attached hydrogens (primary N) is 1. The lowest BCUT2D eigenvalue weighted by atomic mass is 10.0. The van der Waals surface area contributed by atoms with Gasteiger partial charge in [-0.25, -0.2) is 0 Å². The molecule has 3 N–H and O–H groups in total. The van der Waals surface area contributed by atoms with Crippen LogP contribution in [0.3, 0.4) is 0 Å². The molecule has 2 aromatic carbocycles. The van der Waals surface area contributed by atoms with Crippen LogP contribution in [0.25, 0.3) is 0 Å². The van der Waals surface area contributed by atoms with E-state index in [2.05, 4.69) is 53.3 Å². The molecule has 1 aliphatic heterocycles. The van der Waals surface area contributed by atoms with Crippen molar-refractivity contribution in [3.63, 3.8) is 0 Å². The molecule has 0 aliphatic carbocycles. The smallest absolute Gasteiger partial charge is 0.282 e. The highest BCUT2D eigenvalue weighted by atomic mass is 32.1. The van der Waals surface area contributed by atoms with E-state index in [0.29, 0.717) is 12.2 Å². The Kier molecular flexibility index (Phi) is 5.97. The normalized spacial score (nSPS) is 17.1. The molecule has 2 amide bonds. The second kappa shape index (κ2) is 8.81. The number of fused-ring (bicyclic) bond motifs is 1. The second-order valence-electron chi connectivity index (χ2n) is 7.73. The maximum absolute atomic E-state index is 13.3. The van der Waals surface area contributed by atoms with Gasteiger partial charge in [-0.15, -0.1) is 11.3 Å². The number of quaternary nitrogens is 1. The first-order chi connectivity index (χ1) is 14.5. The van der Waals surface area contributed by atoms with Crippen LogP contribution in [0, 0.1) is 6.92 Å². The van der Waals surface area contributed by atoms with E-state index in [-0.39, 0.29) is 30.3 Å². The Morgan fingerprint density at radius 2 is 1.93 bits per heavy atom. The molecule has 0 unspecified atom stereocenters. The minimum absolute atomic E-state index is 0.000109. The number of hydrogen-bond donors (Lipinski definition) is 2. The molecule has 4 rings (SSSR count). The Labute approximate surface area is 180 Å². The van der Waals surface area contributed by atoms with Gasteiger partial charge in [0.1, 0.15) is 6.04 Å². The fourth-order valence-electron chi connectivity index (χ4n) is 3.94. The van der Waals surface area contributed by atoms with Crippen LogP contribution < -0.4 is 15.5 Å². The predicted molar refractivity (Wildman–Crippen MR) is 121 cm³/mol. The van der Waals surface area contributed by atoms with E-state index in [4.69, 9.17) is 0 Å². The minimum atomic E-state index is -0.200. The van der Waals surface area contributed by atoms with Gasteiger partial charge in [0.25, 0.3) is 5.91 Å². The van der Waals surface area contributed by atoms with E-state index in [1.54, 1.807) is 16.2 Å². The van der Waals surface area contributed by atoms with Crippen molar-refractivity contribution in [1.82, 2.24) is 0 Å². The Hall–Kier alpha value is -2.96. The molecule has 0 fully saturated rings. The fourth-order valence-corrected chi connectivity index (χ4v) is 4.79. The molecule has 154 valence electrons. The van der Waals surface area contributed by atoms with Gasteiger partial charge in [-0.2, -0.15) is 0 Å². The summed E-state index contributed by atoms with van der Waals surface area (Å²) in [7, 11) is 0. The molecule has 0 saturated heterocycles. The van der Waals surface area contributed by atoms with Crippen LogP contribution in [0.5, 0.6) is 0 Å². The standard InChI is InChI=1S/C24H25N3O2S/c1-16-9-11-18(12-10-16)24(21-8-5-13-30-21)25-15-23(29)27-17(2)14-22(28)26-19-6-3-4-7-20(19)27/h3-13,17,24-25H,14-15H2,1-2H3,(H,26,28)/p+1/t17-,24+/m0/s1. The van der Waals surface area contributed by atoms with Gasteiger partial charge in [-0.1, -0.05) is 48.0 Å². The molecule has 2 atom stereocenters. The van der Waals surface area contributed by atoms with Gasteiger partial charge in [-0.3, -0.25) is 9.59 Å². The first-order valence-corrected chi connectivity index (χ1v) is 11.0. The van der Waals surface area contributed by atoms with E-state index >= 15 is 0 Å². The number of nitrogens with zero attached hydrogens (tertiary/aromatic N) is 1. The van der Waals surface area contributed by atoms with Crippen LogP contribution in [0.4, 0.5) is 11.4 Å². The lowest BCUT2D eigenvalue weighted by molar-refractivity contribution is -0.676. The number of nitrogens with one attached hydrogen (secondary N) is 1. The molecular formula is C24H26N3O2S+. The summed E-state index contributed by atoms with van der Waals surface area (Å²) in [5, 5.41) is 7.07. The number of carbonyl (C=O) groups is 2. The van der Waals surface area contributed by atoms with Crippen LogP contribution in [0.15, 0.2) is 66.0 Å². The highest BCUT2D eigenvalue weighted by molar-refractivity contribution is 7.10. The van der Waals surface area contributed by atoms with Crippen LogP contribution >= 0.6 is 11.3 Å². The zero-order valence-corrected chi connectivity index (χ0v) is 18.0. The maximum atomic E-state index is 13.3. The summed E-state index contributed by atoms with van der Waals surface area (Å²) in [6, 6.07) is 20.0. The highest BCUT2D eigenvalue weighted by Crippen LogP contribution is 2.31.